The van der Waals surface area contributed by atoms with E-state index in [1.807, 2.05) is 11.8 Å². The van der Waals surface area contributed by atoms with Gasteiger partial charge in [-0.25, -0.2) is 4.79 Å². The van der Waals surface area contributed by atoms with E-state index in [0.717, 1.165) is 25.9 Å². The molecule has 20 heavy (non-hydrogen) atoms. The molecular weight excluding hydrogens is 256 g/mol. The summed E-state index contributed by atoms with van der Waals surface area (Å²) in [6.07, 6.45) is 1.89. The lowest BCUT2D eigenvalue weighted by molar-refractivity contribution is 0.0656. The summed E-state index contributed by atoms with van der Waals surface area (Å²) in [5.41, 5.74) is 0.600. The predicted octanol–water partition coefficient (Wildman–Crippen LogP) is 1.60. The van der Waals surface area contributed by atoms with Gasteiger partial charge >= 0.3 is 5.97 Å². The van der Waals surface area contributed by atoms with Crippen LogP contribution in [0, 0.1) is 0 Å². The molecule has 0 bridgehead atoms. The molecule has 1 aromatic rings. The van der Waals surface area contributed by atoms with Gasteiger partial charge < -0.3 is 15.3 Å². The molecule has 0 aliphatic carbocycles. The number of benzene rings is 1. The van der Waals surface area contributed by atoms with Gasteiger partial charge in [-0.05, 0) is 51.1 Å². The molecule has 0 atom stereocenters. The Labute approximate surface area is 118 Å². The summed E-state index contributed by atoms with van der Waals surface area (Å²) >= 11 is 0. The van der Waals surface area contributed by atoms with Crippen LogP contribution in [0.3, 0.4) is 0 Å². The molecule has 2 rings (SSSR count). The van der Waals surface area contributed by atoms with Gasteiger partial charge in [0.15, 0.2) is 0 Å². The lowest BCUT2D eigenvalue weighted by Gasteiger charge is -2.34. The number of carbonyl (C=O) groups excluding carboxylic acids is 1. The number of rotatable bonds is 4. The van der Waals surface area contributed by atoms with Crippen molar-refractivity contribution in [2.45, 2.75) is 25.8 Å². The maximum Gasteiger partial charge on any atom is 0.335 e. The fraction of sp³-hybridized carbons (Fsp3) is 0.467. The lowest BCUT2D eigenvalue weighted by atomic mass is 10.0. The van der Waals surface area contributed by atoms with Crippen molar-refractivity contribution in [3.8, 4) is 0 Å². The van der Waals surface area contributed by atoms with Crippen LogP contribution in [0.25, 0.3) is 0 Å². The molecule has 1 heterocycles. The Morgan fingerprint density at radius 1 is 1.30 bits per heavy atom. The first-order valence-corrected chi connectivity index (χ1v) is 6.98. The van der Waals surface area contributed by atoms with Gasteiger partial charge in [0, 0.05) is 18.2 Å². The number of nitrogens with zero attached hydrogens (tertiary/aromatic N) is 1. The zero-order valence-corrected chi connectivity index (χ0v) is 11.6. The molecule has 1 amide bonds. The zero-order valence-electron chi connectivity index (χ0n) is 11.6. The van der Waals surface area contributed by atoms with Crippen LogP contribution in [0.15, 0.2) is 24.3 Å². The Balaban J connectivity index is 2.19. The second-order valence-electron chi connectivity index (χ2n) is 4.96. The SMILES string of the molecule is CCN(C(=O)c1cccc(C(=O)O)c1)C1CCNCC1. The molecular formula is C15H20N2O3. The molecule has 1 saturated heterocycles. The molecule has 5 heteroatoms. The first-order valence-electron chi connectivity index (χ1n) is 6.98. The molecule has 0 spiro atoms. The summed E-state index contributed by atoms with van der Waals surface area (Å²) < 4.78 is 0. The van der Waals surface area contributed by atoms with Gasteiger partial charge in [0.1, 0.15) is 0 Å². The Morgan fingerprint density at radius 3 is 2.55 bits per heavy atom. The van der Waals surface area contributed by atoms with E-state index in [-0.39, 0.29) is 17.5 Å². The number of aromatic carboxylic acids is 1. The number of amides is 1. The smallest absolute Gasteiger partial charge is 0.335 e. The van der Waals surface area contributed by atoms with Gasteiger partial charge in [-0.3, -0.25) is 4.79 Å². The average molecular weight is 276 g/mol. The first-order chi connectivity index (χ1) is 9.63. The number of carbonyl (C=O) groups is 2. The molecule has 0 saturated carbocycles. The molecule has 5 nitrogen and oxygen atoms in total. The second kappa shape index (κ2) is 6.52. The Kier molecular flexibility index (Phi) is 4.74. The van der Waals surface area contributed by atoms with Gasteiger partial charge in [0.25, 0.3) is 5.91 Å². The highest BCUT2D eigenvalue weighted by Crippen LogP contribution is 2.16. The van der Waals surface area contributed by atoms with E-state index in [1.165, 1.54) is 12.1 Å². The molecule has 1 fully saturated rings. The first kappa shape index (κ1) is 14.5. The molecule has 1 aliphatic heterocycles. The second-order valence-corrected chi connectivity index (χ2v) is 4.96. The minimum atomic E-state index is -1.01. The van der Waals surface area contributed by atoms with E-state index in [9.17, 15) is 9.59 Å². The summed E-state index contributed by atoms with van der Waals surface area (Å²) in [7, 11) is 0. The Bertz CT molecular complexity index is 496. The third kappa shape index (κ3) is 3.17. The molecule has 1 aliphatic rings. The third-order valence-electron chi connectivity index (χ3n) is 3.71. The largest absolute Gasteiger partial charge is 0.478 e. The van der Waals surface area contributed by atoms with Crippen molar-refractivity contribution in [1.29, 1.82) is 0 Å². The highest BCUT2D eigenvalue weighted by molar-refractivity contribution is 5.97. The predicted molar refractivity (Wildman–Crippen MR) is 76.0 cm³/mol. The highest BCUT2D eigenvalue weighted by atomic mass is 16.4. The van der Waals surface area contributed by atoms with Crippen LogP contribution >= 0.6 is 0 Å². The van der Waals surface area contributed by atoms with E-state index in [4.69, 9.17) is 5.11 Å². The van der Waals surface area contributed by atoms with E-state index < -0.39 is 5.97 Å². The molecule has 1 aromatic carbocycles. The number of hydrogen-bond acceptors (Lipinski definition) is 3. The summed E-state index contributed by atoms with van der Waals surface area (Å²) in [6.45, 7) is 4.44. The zero-order chi connectivity index (χ0) is 14.5. The minimum absolute atomic E-state index is 0.0810. The summed E-state index contributed by atoms with van der Waals surface area (Å²) in [4.78, 5) is 25.4. The summed E-state index contributed by atoms with van der Waals surface area (Å²) in [5.74, 6) is -1.09. The van der Waals surface area contributed by atoms with Crippen LogP contribution in [-0.2, 0) is 0 Å². The number of carboxylic acids is 1. The number of hydrogen-bond donors (Lipinski definition) is 2. The highest BCUT2D eigenvalue weighted by Gasteiger charge is 2.25. The van der Waals surface area contributed by atoms with Crippen LogP contribution in [0.5, 0.6) is 0 Å². The Morgan fingerprint density at radius 2 is 1.95 bits per heavy atom. The van der Waals surface area contributed by atoms with Crippen LogP contribution < -0.4 is 5.32 Å². The van der Waals surface area contributed by atoms with Crippen molar-refractivity contribution >= 4 is 11.9 Å². The normalized spacial score (nSPS) is 15.8. The van der Waals surface area contributed by atoms with Gasteiger partial charge in [-0.15, -0.1) is 0 Å². The van der Waals surface area contributed by atoms with Crippen molar-refractivity contribution in [2.24, 2.45) is 0 Å². The summed E-state index contributed by atoms with van der Waals surface area (Å²) in [5, 5.41) is 12.3. The average Bonchev–Trinajstić information content (AvgIpc) is 2.49. The van der Waals surface area contributed by atoms with Crippen LogP contribution in [0.1, 0.15) is 40.5 Å². The van der Waals surface area contributed by atoms with Crippen LogP contribution in [-0.4, -0.2) is 47.6 Å². The molecule has 0 unspecified atom stereocenters. The maximum absolute atomic E-state index is 12.6. The standard InChI is InChI=1S/C15H20N2O3/c1-2-17(13-6-8-16-9-7-13)14(18)11-4-3-5-12(10-11)15(19)20/h3-5,10,13,16H,2,6-9H2,1H3,(H,19,20). The maximum atomic E-state index is 12.6. The molecule has 0 aromatic heterocycles. The fourth-order valence-electron chi connectivity index (χ4n) is 2.64. The topological polar surface area (TPSA) is 69.6 Å². The Hall–Kier alpha value is -1.88. The number of nitrogens with one attached hydrogen (secondary N) is 1. The summed E-state index contributed by atoms with van der Waals surface area (Å²) in [6, 6.07) is 6.49. The van der Waals surface area contributed by atoms with Gasteiger partial charge in [-0.1, -0.05) is 6.07 Å². The number of piperidine rings is 1. The van der Waals surface area contributed by atoms with Crippen LogP contribution in [0.4, 0.5) is 0 Å². The van der Waals surface area contributed by atoms with Gasteiger partial charge in [0.05, 0.1) is 5.56 Å². The number of carboxylic acid groups (broad SMARTS) is 1. The van der Waals surface area contributed by atoms with Crippen molar-refractivity contribution < 1.29 is 14.7 Å². The monoisotopic (exact) mass is 276 g/mol. The van der Waals surface area contributed by atoms with Crippen molar-refractivity contribution in [3.63, 3.8) is 0 Å². The minimum Gasteiger partial charge on any atom is -0.478 e. The van der Waals surface area contributed by atoms with E-state index >= 15 is 0 Å². The van der Waals surface area contributed by atoms with Crippen LogP contribution in [0.2, 0.25) is 0 Å². The van der Waals surface area contributed by atoms with Gasteiger partial charge in [0.2, 0.25) is 0 Å². The van der Waals surface area contributed by atoms with Crippen molar-refractivity contribution in [3.05, 3.63) is 35.4 Å². The molecule has 108 valence electrons. The van der Waals surface area contributed by atoms with Crippen molar-refractivity contribution in [2.75, 3.05) is 19.6 Å². The van der Waals surface area contributed by atoms with Crippen molar-refractivity contribution in [1.82, 2.24) is 10.2 Å². The van der Waals surface area contributed by atoms with E-state index in [1.54, 1.807) is 12.1 Å². The lowest BCUT2D eigenvalue weighted by Crippen LogP contribution is -2.46. The fourth-order valence-corrected chi connectivity index (χ4v) is 2.64. The molecule has 0 radical (unpaired) electrons. The van der Waals surface area contributed by atoms with Gasteiger partial charge in [-0.2, -0.15) is 0 Å². The third-order valence-corrected chi connectivity index (χ3v) is 3.71. The van der Waals surface area contributed by atoms with E-state index in [0.29, 0.717) is 12.1 Å². The van der Waals surface area contributed by atoms with E-state index in [2.05, 4.69) is 5.32 Å². The quantitative estimate of drug-likeness (QED) is 0.876. The molecule has 2 N–H and O–H groups in total.